The van der Waals surface area contributed by atoms with E-state index in [-0.39, 0.29) is 0 Å². The number of nitrogens with one attached hydrogen (secondary N) is 3. The highest BCUT2D eigenvalue weighted by molar-refractivity contribution is 6.34. The molecule has 5 N–H and O–H groups in total. The van der Waals surface area contributed by atoms with Crippen molar-refractivity contribution in [2.75, 3.05) is 11.9 Å². The molecular formula is C25H27Cl2N7. The molecule has 9 heteroatoms. The lowest BCUT2D eigenvalue weighted by molar-refractivity contribution is 0.412. The van der Waals surface area contributed by atoms with Crippen LogP contribution >= 0.6 is 23.2 Å². The maximum absolute atomic E-state index is 6.73. The number of hydrogen-bond acceptors (Lipinski definition) is 6. The molecule has 0 fully saturated rings. The average molecular weight is 496 g/mol. The Kier molecular flexibility index (Phi) is 6.36. The first-order valence-electron chi connectivity index (χ1n) is 11.4. The Balaban J connectivity index is 1.54. The van der Waals surface area contributed by atoms with Gasteiger partial charge >= 0.3 is 0 Å². The van der Waals surface area contributed by atoms with Crippen molar-refractivity contribution < 1.29 is 0 Å². The first-order chi connectivity index (χ1) is 16.4. The van der Waals surface area contributed by atoms with E-state index in [1.54, 1.807) is 18.2 Å². The number of amidine groups is 1. The quantitative estimate of drug-likeness (QED) is 0.419. The third-order valence-electron chi connectivity index (χ3n) is 6.04. The van der Waals surface area contributed by atoms with Crippen molar-refractivity contribution in [1.82, 2.24) is 20.4 Å². The van der Waals surface area contributed by atoms with Crippen LogP contribution in [0.4, 0.5) is 5.69 Å². The van der Waals surface area contributed by atoms with Crippen LogP contribution in [0.5, 0.6) is 0 Å². The van der Waals surface area contributed by atoms with Gasteiger partial charge in [0.1, 0.15) is 5.84 Å². The zero-order valence-corrected chi connectivity index (χ0v) is 20.4. The molecule has 0 spiro atoms. The number of halogens is 2. The lowest BCUT2D eigenvalue weighted by Crippen LogP contribution is -2.50. The zero-order valence-electron chi connectivity index (χ0n) is 18.9. The number of aromatic nitrogens is 2. The van der Waals surface area contributed by atoms with Gasteiger partial charge < -0.3 is 16.0 Å². The van der Waals surface area contributed by atoms with Gasteiger partial charge in [0.2, 0.25) is 5.79 Å². The average Bonchev–Trinajstić information content (AvgIpc) is 3.27. The molecule has 3 heterocycles. The number of nitrogens with zero attached hydrogens (tertiary/aromatic N) is 3. The van der Waals surface area contributed by atoms with E-state index >= 15 is 0 Å². The summed E-state index contributed by atoms with van der Waals surface area (Å²) in [6.07, 6.45) is 7.77. The minimum Gasteiger partial charge on any atom is -0.351 e. The summed E-state index contributed by atoms with van der Waals surface area (Å²) in [5, 5.41) is 15.7. The molecule has 0 radical (unpaired) electrons. The third kappa shape index (κ3) is 4.70. The van der Waals surface area contributed by atoms with Crippen molar-refractivity contribution in [2.24, 2.45) is 10.7 Å². The Hall–Kier alpha value is -2.84. The van der Waals surface area contributed by atoms with E-state index in [0.717, 1.165) is 49.3 Å². The van der Waals surface area contributed by atoms with Crippen molar-refractivity contribution in [3.63, 3.8) is 0 Å². The van der Waals surface area contributed by atoms with Gasteiger partial charge in [-0.1, -0.05) is 36.2 Å². The van der Waals surface area contributed by atoms with Crippen LogP contribution in [0.15, 0.2) is 60.0 Å². The molecule has 0 bridgehead atoms. The molecule has 2 aliphatic rings. The summed E-state index contributed by atoms with van der Waals surface area (Å²) < 4.78 is 1.93. The predicted octanol–water partition coefficient (Wildman–Crippen LogP) is 4.47. The Bertz CT molecular complexity index is 1260. The van der Waals surface area contributed by atoms with Crippen molar-refractivity contribution in [3.8, 4) is 0 Å². The molecule has 2 aromatic carbocycles. The summed E-state index contributed by atoms with van der Waals surface area (Å²) in [5.74, 6) is -0.604. The van der Waals surface area contributed by atoms with Crippen molar-refractivity contribution in [3.05, 3.63) is 87.3 Å². The topological polar surface area (TPSA) is 92.3 Å². The normalized spacial score (nSPS) is 19.6. The van der Waals surface area contributed by atoms with E-state index in [2.05, 4.69) is 46.2 Å². The maximum Gasteiger partial charge on any atom is 0.211 e. The second-order valence-electron chi connectivity index (χ2n) is 8.61. The van der Waals surface area contributed by atoms with Gasteiger partial charge in [0.25, 0.3) is 0 Å². The molecule has 0 saturated carbocycles. The summed E-state index contributed by atoms with van der Waals surface area (Å²) in [6.45, 7) is 4.83. The molecule has 5 rings (SSSR count). The highest BCUT2D eigenvalue weighted by Crippen LogP contribution is 2.31. The van der Waals surface area contributed by atoms with Crippen LogP contribution in [-0.4, -0.2) is 22.2 Å². The fourth-order valence-electron chi connectivity index (χ4n) is 4.31. The van der Waals surface area contributed by atoms with E-state index in [1.807, 2.05) is 23.3 Å². The van der Waals surface area contributed by atoms with E-state index in [4.69, 9.17) is 33.9 Å². The molecule has 3 aromatic rings. The summed E-state index contributed by atoms with van der Waals surface area (Å²) in [5.41, 5.74) is 12.8. The minimum atomic E-state index is -1.24. The Morgan fingerprint density at radius 1 is 1.15 bits per heavy atom. The molecule has 7 nitrogen and oxygen atoms in total. The van der Waals surface area contributed by atoms with Crippen LogP contribution in [0, 0.1) is 0 Å². The van der Waals surface area contributed by atoms with Gasteiger partial charge in [-0.05, 0) is 60.8 Å². The van der Waals surface area contributed by atoms with Crippen molar-refractivity contribution in [2.45, 2.75) is 38.6 Å². The van der Waals surface area contributed by atoms with E-state index in [0.29, 0.717) is 21.4 Å². The van der Waals surface area contributed by atoms with Crippen LogP contribution in [0.1, 0.15) is 35.6 Å². The highest BCUT2D eigenvalue weighted by Gasteiger charge is 2.32. The number of benzene rings is 2. The standard InChI is InChI=1S/C25H27Cl2N7/c1-2-7-34-15-18(13-31-34)23-14-30-25(28,19-9-20(26)11-21(27)10-19)33-24(23)32-22-4-3-16-5-6-29-12-17(16)8-22/h3-4,8-11,13-15,29-30H,2,5-7,12,28H2,1H3,(H,32,33). The number of aliphatic imine (C=N–C) groups is 1. The first kappa shape index (κ1) is 22.9. The highest BCUT2D eigenvalue weighted by atomic mass is 35.5. The summed E-state index contributed by atoms with van der Waals surface area (Å²) in [6, 6.07) is 11.6. The van der Waals surface area contributed by atoms with E-state index in [9.17, 15) is 0 Å². The van der Waals surface area contributed by atoms with Crippen LogP contribution in [0.25, 0.3) is 5.57 Å². The lowest BCUT2D eigenvalue weighted by atomic mass is 10.00. The first-order valence-corrected chi connectivity index (χ1v) is 12.1. The Labute approximate surface area is 209 Å². The number of hydrogen-bond donors (Lipinski definition) is 4. The SMILES string of the molecule is CCCn1cc(C2=CNC(N)(c3cc(Cl)cc(Cl)c3)N=C2Nc2ccc3c(c2)CNCC3)cn1. The minimum absolute atomic E-state index is 0.497. The summed E-state index contributed by atoms with van der Waals surface area (Å²) in [7, 11) is 0. The number of anilines is 1. The molecule has 2 aliphatic heterocycles. The molecule has 0 aliphatic carbocycles. The second-order valence-corrected chi connectivity index (χ2v) is 9.49. The second kappa shape index (κ2) is 9.43. The van der Waals surface area contributed by atoms with Gasteiger partial charge in [0.05, 0.1) is 6.20 Å². The van der Waals surface area contributed by atoms with Gasteiger partial charge in [0.15, 0.2) is 0 Å². The Morgan fingerprint density at radius 2 is 1.97 bits per heavy atom. The predicted molar refractivity (Wildman–Crippen MR) is 139 cm³/mol. The van der Waals surface area contributed by atoms with Crippen LogP contribution in [-0.2, 0) is 25.3 Å². The third-order valence-corrected chi connectivity index (χ3v) is 6.47. The molecule has 0 amide bonds. The van der Waals surface area contributed by atoms with Crippen LogP contribution in [0.3, 0.4) is 0 Å². The van der Waals surface area contributed by atoms with Gasteiger partial charge in [-0.2, -0.15) is 5.10 Å². The molecule has 176 valence electrons. The molecule has 1 atom stereocenters. The van der Waals surface area contributed by atoms with E-state index < -0.39 is 5.79 Å². The van der Waals surface area contributed by atoms with Crippen LogP contribution < -0.4 is 21.7 Å². The van der Waals surface area contributed by atoms with E-state index in [1.165, 1.54) is 11.1 Å². The molecule has 34 heavy (non-hydrogen) atoms. The lowest BCUT2D eigenvalue weighted by Gasteiger charge is -2.32. The fraction of sp³-hybridized carbons (Fsp3) is 0.280. The molecule has 1 aromatic heterocycles. The van der Waals surface area contributed by atoms with Gasteiger partial charge in [0, 0.05) is 57.9 Å². The smallest absolute Gasteiger partial charge is 0.211 e. The summed E-state index contributed by atoms with van der Waals surface area (Å²) >= 11 is 12.5. The molecule has 1 unspecified atom stereocenters. The largest absolute Gasteiger partial charge is 0.351 e. The number of aryl methyl sites for hydroxylation is 1. The van der Waals surface area contributed by atoms with Crippen LogP contribution in [0.2, 0.25) is 10.0 Å². The van der Waals surface area contributed by atoms with Crippen molar-refractivity contribution >= 4 is 40.3 Å². The number of rotatable bonds is 5. The molecule has 0 saturated heterocycles. The number of fused-ring (bicyclic) bond motifs is 1. The monoisotopic (exact) mass is 495 g/mol. The van der Waals surface area contributed by atoms with Crippen molar-refractivity contribution in [1.29, 1.82) is 0 Å². The summed E-state index contributed by atoms with van der Waals surface area (Å²) in [4.78, 5) is 4.92. The van der Waals surface area contributed by atoms with Gasteiger partial charge in [-0.25, -0.2) is 4.99 Å². The maximum atomic E-state index is 6.73. The van der Waals surface area contributed by atoms with Gasteiger partial charge in [-0.15, -0.1) is 0 Å². The van der Waals surface area contributed by atoms with Gasteiger partial charge in [-0.3, -0.25) is 10.4 Å². The number of nitrogens with two attached hydrogens (primary N) is 1. The Morgan fingerprint density at radius 3 is 2.76 bits per heavy atom. The molecular weight excluding hydrogens is 469 g/mol. The fourth-order valence-corrected chi connectivity index (χ4v) is 4.83. The zero-order chi connectivity index (χ0) is 23.7.